The first kappa shape index (κ1) is 40.3. The van der Waals surface area contributed by atoms with Crippen molar-refractivity contribution in [3.05, 3.63) is 47.9 Å². The Bertz CT molecular complexity index is 1910. The number of aliphatic hydroxyl groups excluding tert-OH is 1. The maximum atomic E-state index is 11.3. The second-order valence-electron chi connectivity index (χ2n) is 21.1. The maximum absolute atomic E-state index is 11.3. The van der Waals surface area contributed by atoms with Crippen LogP contribution in [0.4, 0.5) is 0 Å². The van der Waals surface area contributed by atoms with Gasteiger partial charge in [0.15, 0.2) is 11.9 Å². The summed E-state index contributed by atoms with van der Waals surface area (Å²) in [5.74, 6) is 3.66. The Hall–Kier alpha value is -3.08. The molecule has 1 aromatic carbocycles. The lowest BCUT2D eigenvalue weighted by atomic mass is 9.46. The number of hydrogen-bond donors (Lipinski definition) is 6. The third kappa shape index (κ3) is 7.61. The van der Waals surface area contributed by atoms with Gasteiger partial charge in [-0.05, 0) is 175 Å². The van der Waals surface area contributed by atoms with Gasteiger partial charge in [-0.15, -0.1) is 0 Å². The molecule has 2 aromatic rings. The van der Waals surface area contributed by atoms with Gasteiger partial charge in [0, 0.05) is 29.7 Å². The smallest absolute Gasteiger partial charge is 0.190 e. The summed E-state index contributed by atoms with van der Waals surface area (Å²) in [6, 6.07) is 4.52. The highest BCUT2D eigenvalue weighted by Crippen LogP contribution is 2.69. The van der Waals surface area contributed by atoms with Crippen molar-refractivity contribution < 1.29 is 19.4 Å². The molecule has 1 aliphatic heterocycles. The van der Waals surface area contributed by atoms with E-state index in [0.29, 0.717) is 54.0 Å². The minimum atomic E-state index is -0.692. The highest BCUT2D eigenvalue weighted by atomic mass is 16.6. The van der Waals surface area contributed by atoms with Gasteiger partial charge in [0.25, 0.3) is 0 Å². The van der Waals surface area contributed by atoms with E-state index in [9.17, 15) is 10.2 Å². The largest absolute Gasteiger partial charge is 0.471 e. The van der Waals surface area contributed by atoms with E-state index in [4.69, 9.17) is 32.2 Å². The van der Waals surface area contributed by atoms with E-state index >= 15 is 0 Å². The molecule has 13 atom stereocenters. The molecule has 1 saturated heterocycles. The van der Waals surface area contributed by atoms with E-state index in [1.807, 2.05) is 12.5 Å². The number of nitrogens with two attached hydrogens (primary N) is 2. The molecule has 318 valence electrons. The standard InChI is InChI=1S/C48H72N6O4/c1-29-23-47(19-14-30(24-47)15-20-48(56)17-6-9-36(55)25-48)42-46(3,58-42)18-16-40-38(29)26-45(40,2)34-13-12-32(21-34)41(53-43(49)51-4)54-44(50)52-35-8-5-7-31-10-11-33-27-57-28-39(33)37(31)22-35/h10-11,27-28,30,32,34-36,38,40-42,55-56H,1,5-9,12-26H2,2-4H3,(H3,49,51,53)(H3,50,52,54)/t30-,32-,34-,35-,36-,38+,40-,41+,42+,45+,46+,47+,48+/m0/s1. The topological polar surface area (TPSA) is 167 Å². The molecule has 8 N–H and O–H groups in total. The second kappa shape index (κ2) is 15.4. The Labute approximate surface area is 346 Å². The third-order valence-corrected chi connectivity index (χ3v) is 17.4. The molecule has 6 fully saturated rings. The van der Waals surface area contributed by atoms with E-state index < -0.39 is 5.60 Å². The van der Waals surface area contributed by atoms with Crippen LogP contribution in [0.3, 0.4) is 0 Å². The number of aliphatic hydroxyl groups is 2. The van der Waals surface area contributed by atoms with Gasteiger partial charge in [-0.1, -0.05) is 31.2 Å². The number of benzene rings is 1. The van der Waals surface area contributed by atoms with Gasteiger partial charge in [0.05, 0.1) is 42.0 Å². The number of aliphatic imine (C=N–C) groups is 2. The Morgan fingerprint density at radius 1 is 0.983 bits per heavy atom. The van der Waals surface area contributed by atoms with E-state index in [1.54, 1.807) is 7.05 Å². The van der Waals surface area contributed by atoms with E-state index in [1.165, 1.54) is 60.6 Å². The molecule has 1 spiro atoms. The van der Waals surface area contributed by atoms with Gasteiger partial charge >= 0.3 is 0 Å². The van der Waals surface area contributed by atoms with Gasteiger partial charge < -0.3 is 41.5 Å². The number of nitrogens with zero attached hydrogens (tertiary/aromatic N) is 2. The van der Waals surface area contributed by atoms with Crippen molar-refractivity contribution in [3.63, 3.8) is 0 Å². The highest BCUT2D eigenvalue weighted by molar-refractivity contribution is 5.86. The summed E-state index contributed by atoms with van der Waals surface area (Å²) in [6.07, 6.45) is 24.1. The predicted molar refractivity (Wildman–Crippen MR) is 231 cm³/mol. The minimum Gasteiger partial charge on any atom is -0.471 e. The summed E-state index contributed by atoms with van der Waals surface area (Å²) in [4.78, 5) is 9.37. The SMILES string of the molecule is C=C1C[C@@]2(CC[C@@H](CC[C@]3(O)CCC[C@H](O)C3)C2)[C@@H]2O[C@]2(C)CC[C@H]2[C@@H]1C[C@]2(C)[C@H]1CC[C@H]([C@H](NC(N)=NC)NC(N)=N[C@H]2CCCc3ccc4cocc4c3C2)C1. The Morgan fingerprint density at radius 2 is 1.83 bits per heavy atom. The van der Waals surface area contributed by atoms with Crippen molar-refractivity contribution >= 4 is 22.7 Å². The van der Waals surface area contributed by atoms with E-state index in [2.05, 4.69) is 41.6 Å². The third-order valence-electron chi connectivity index (χ3n) is 17.4. The summed E-state index contributed by atoms with van der Waals surface area (Å²) in [6.45, 7) is 9.86. The molecule has 10 nitrogen and oxygen atoms in total. The molecular formula is C48H72N6O4. The fraction of sp³-hybridized carbons (Fsp3) is 0.750. The van der Waals surface area contributed by atoms with Crippen LogP contribution >= 0.6 is 0 Å². The normalized spacial score (nSPS) is 42.3. The molecule has 10 heteroatoms. The van der Waals surface area contributed by atoms with Crippen LogP contribution in [0, 0.1) is 40.4 Å². The average Bonchev–Trinajstić information content (AvgIpc) is 3.57. The van der Waals surface area contributed by atoms with Crippen molar-refractivity contribution in [2.45, 2.75) is 178 Å². The van der Waals surface area contributed by atoms with Crippen molar-refractivity contribution in [1.82, 2.24) is 10.6 Å². The zero-order chi connectivity index (χ0) is 40.5. The Morgan fingerprint density at radius 3 is 2.66 bits per heavy atom. The summed E-state index contributed by atoms with van der Waals surface area (Å²) in [7, 11) is 1.73. The number of nitrogens with one attached hydrogen (secondary N) is 2. The zero-order valence-corrected chi connectivity index (χ0v) is 35.6. The lowest BCUT2D eigenvalue weighted by Gasteiger charge is -2.58. The molecule has 58 heavy (non-hydrogen) atoms. The van der Waals surface area contributed by atoms with Crippen LogP contribution in [0.2, 0.25) is 0 Å². The van der Waals surface area contributed by atoms with Crippen LogP contribution in [0.5, 0.6) is 0 Å². The molecule has 2 heterocycles. The fourth-order valence-corrected chi connectivity index (χ4v) is 14.1. The Kier molecular flexibility index (Phi) is 10.7. The summed E-state index contributed by atoms with van der Waals surface area (Å²) < 4.78 is 12.4. The number of allylic oxidation sites excluding steroid dienone is 1. The molecule has 0 unspecified atom stereocenters. The Balaban J connectivity index is 0.850. The molecule has 0 bridgehead atoms. The molecule has 6 aliphatic carbocycles. The van der Waals surface area contributed by atoms with E-state index in [0.717, 1.165) is 88.9 Å². The monoisotopic (exact) mass is 797 g/mol. The number of epoxide rings is 1. The minimum absolute atomic E-state index is 0.0405. The number of furan rings is 1. The molecule has 9 rings (SSSR count). The molecule has 7 aliphatic rings. The van der Waals surface area contributed by atoms with Gasteiger partial charge in [-0.25, -0.2) is 4.99 Å². The van der Waals surface area contributed by atoms with Crippen LogP contribution < -0.4 is 22.1 Å². The number of ether oxygens (including phenoxy) is 1. The van der Waals surface area contributed by atoms with E-state index in [-0.39, 0.29) is 34.7 Å². The quantitative estimate of drug-likeness (QED) is 0.0396. The fourth-order valence-electron chi connectivity index (χ4n) is 14.1. The summed E-state index contributed by atoms with van der Waals surface area (Å²) in [5, 5.41) is 31.0. The lowest BCUT2D eigenvalue weighted by molar-refractivity contribution is -0.0697. The van der Waals surface area contributed by atoms with Crippen LogP contribution in [0.15, 0.2) is 51.2 Å². The zero-order valence-electron chi connectivity index (χ0n) is 35.6. The number of hydrogen-bond acceptors (Lipinski definition) is 6. The van der Waals surface area contributed by atoms with Gasteiger partial charge in [0.1, 0.15) is 6.17 Å². The van der Waals surface area contributed by atoms with Crippen LogP contribution in [0.25, 0.3) is 10.8 Å². The number of fused-ring (bicyclic) bond motifs is 6. The first-order valence-electron chi connectivity index (χ1n) is 23.1. The molecule has 0 radical (unpaired) electrons. The molecule has 5 saturated carbocycles. The predicted octanol–water partition coefficient (Wildman–Crippen LogP) is 7.63. The second-order valence-corrected chi connectivity index (χ2v) is 21.1. The van der Waals surface area contributed by atoms with Gasteiger partial charge in [-0.3, -0.25) is 4.99 Å². The number of rotatable bonds is 8. The number of guanidine groups is 2. The van der Waals surface area contributed by atoms with Crippen molar-refractivity contribution in [1.29, 1.82) is 0 Å². The number of aryl methyl sites for hydroxylation is 1. The lowest BCUT2D eigenvalue weighted by Crippen LogP contribution is -2.56. The van der Waals surface area contributed by atoms with Gasteiger partial charge in [-0.2, -0.15) is 0 Å². The highest BCUT2D eigenvalue weighted by Gasteiger charge is 2.67. The van der Waals surface area contributed by atoms with Crippen molar-refractivity contribution in [3.8, 4) is 0 Å². The van der Waals surface area contributed by atoms with Crippen LogP contribution in [0.1, 0.15) is 141 Å². The average molecular weight is 797 g/mol. The van der Waals surface area contributed by atoms with Crippen molar-refractivity contribution in [2.24, 2.45) is 61.9 Å². The molecule has 1 aromatic heterocycles. The van der Waals surface area contributed by atoms with Crippen LogP contribution in [-0.2, 0) is 17.6 Å². The first-order valence-corrected chi connectivity index (χ1v) is 23.1. The molecule has 0 amide bonds. The summed E-state index contributed by atoms with van der Waals surface area (Å²) in [5.41, 5.74) is 17.0. The maximum Gasteiger partial charge on any atom is 0.190 e. The van der Waals surface area contributed by atoms with Gasteiger partial charge in [0.2, 0.25) is 0 Å². The molecular weight excluding hydrogens is 725 g/mol. The first-order chi connectivity index (χ1) is 27.8. The summed E-state index contributed by atoms with van der Waals surface area (Å²) >= 11 is 0. The van der Waals surface area contributed by atoms with Crippen LogP contribution in [-0.4, -0.2) is 64.8 Å². The van der Waals surface area contributed by atoms with Crippen molar-refractivity contribution in [2.75, 3.05) is 7.05 Å².